The summed E-state index contributed by atoms with van der Waals surface area (Å²) in [7, 11) is -4.08. The quantitative estimate of drug-likeness (QED) is 0.270. The van der Waals surface area contributed by atoms with Crippen LogP contribution in [0.5, 0.6) is 0 Å². The lowest BCUT2D eigenvalue weighted by Crippen LogP contribution is -2.51. The van der Waals surface area contributed by atoms with Crippen molar-refractivity contribution in [3.63, 3.8) is 0 Å². The summed E-state index contributed by atoms with van der Waals surface area (Å²) < 4.78 is 29.7. The summed E-state index contributed by atoms with van der Waals surface area (Å²) in [5, 5.41) is 2.90. The molecule has 0 unspecified atom stereocenters. The van der Waals surface area contributed by atoms with Crippen LogP contribution >= 0.6 is 15.9 Å². The number of carbonyl (C=O) groups excluding carboxylic acids is 2. The predicted molar refractivity (Wildman–Crippen MR) is 159 cm³/mol. The molecule has 3 aromatic carbocycles. The molecule has 0 aliphatic rings. The molecule has 0 saturated heterocycles. The number of halogens is 1. The van der Waals surface area contributed by atoms with Crippen LogP contribution < -0.4 is 9.62 Å². The van der Waals surface area contributed by atoms with E-state index in [4.69, 9.17) is 0 Å². The van der Waals surface area contributed by atoms with Crippen LogP contribution in [0.4, 0.5) is 5.69 Å². The molecule has 208 valence electrons. The van der Waals surface area contributed by atoms with E-state index in [1.807, 2.05) is 51.1 Å². The van der Waals surface area contributed by atoms with E-state index in [2.05, 4.69) is 21.2 Å². The van der Waals surface area contributed by atoms with Crippen LogP contribution in [0.15, 0.2) is 82.2 Å². The van der Waals surface area contributed by atoms with E-state index < -0.39 is 28.5 Å². The fourth-order valence-electron chi connectivity index (χ4n) is 4.25. The zero-order chi connectivity index (χ0) is 28.6. The molecule has 0 spiro atoms. The molecule has 0 saturated carbocycles. The molecule has 0 radical (unpaired) electrons. The number of hydrogen-bond acceptors (Lipinski definition) is 4. The van der Waals surface area contributed by atoms with Gasteiger partial charge in [0.05, 0.1) is 10.6 Å². The standard InChI is InChI=1S/C30H36BrN3O4S/c1-5-6-16-32-30(36)24(4)33(20-25-12-14-26(31)15-13-25)29(35)21-34(27-18-22(2)17-23(3)19-27)39(37,38)28-10-8-7-9-11-28/h7-15,17-19,24H,5-6,16,20-21H2,1-4H3,(H,32,36)/t24-/m1/s1. The van der Waals surface area contributed by atoms with Crippen molar-refractivity contribution in [3.05, 3.63) is 94.0 Å². The van der Waals surface area contributed by atoms with Crippen LogP contribution in [-0.2, 0) is 26.2 Å². The van der Waals surface area contributed by atoms with Crippen molar-refractivity contribution in [1.82, 2.24) is 10.2 Å². The largest absolute Gasteiger partial charge is 0.354 e. The van der Waals surface area contributed by atoms with Crippen molar-refractivity contribution >= 4 is 43.5 Å². The van der Waals surface area contributed by atoms with E-state index in [0.717, 1.165) is 38.3 Å². The number of carbonyl (C=O) groups is 2. The minimum Gasteiger partial charge on any atom is -0.354 e. The van der Waals surface area contributed by atoms with Gasteiger partial charge in [0.25, 0.3) is 10.0 Å². The molecule has 1 N–H and O–H groups in total. The molecule has 0 aromatic heterocycles. The Hall–Kier alpha value is -3.17. The molecular weight excluding hydrogens is 578 g/mol. The first-order valence-electron chi connectivity index (χ1n) is 13.0. The monoisotopic (exact) mass is 613 g/mol. The molecule has 2 amide bonds. The fraction of sp³-hybridized carbons (Fsp3) is 0.333. The van der Waals surface area contributed by atoms with E-state index in [1.165, 1.54) is 17.0 Å². The summed E-state index contributed by atoms with van der Waals surface area (Å²) >= 11 is 3.42. The minimum atomic E-state index is -4.08. The Balaban J connectivity index is 2.01. The van der Waals surface area contributed by atoms with Crippen LogP contribution in [0.25, 0.3) is 0 Å². The average molecular weight is 615 g/mol. The van der Waals surface area contributed by atoms with Crippen LogP contribution in [0.3, 0.4) is 0 Å². The Morgan fingerprint density at radius 1 is 0.949 bits per heavy atom. The third-order valence-corrected chi connectivity index (χ3v) is 8.68. The Bertz CT molecular complexity index is 1360. The molecule has 0 heterocycles. The number of rotatable bonds is 12. The molecular formula is C30H36BrN3O4S. The Morgan fingerprint density at radius 2 is 1.56 bits per heavy atom. The second kappa shape index (κ2) is 13.8. The van der Waals surface area contributed by atoms with Gasteiger partial charge < -0.3 is 10.2 Å². The van der Waals surface area contributed by atoms with Crippen LogP contribution in [-0.4, -0.2) is 44.3 Å². The number of hydrogen-bond donors (Lipinski definition) is 1. The van der Waals surface area contributed by atoms with E-state index in [9.17, 15) is 18.0 Å². The minimum absolute atomic E-state index is 0.0850. The van der Waals surface area contributed by atoms with Crippen LogP contribution in [0, 0.1) is 13.8 Å². The summed E-state index contributed by atoms with van der Waals surface area (Å²) in [5.74, 6) is -0.757. The molecule has 9 heteroatoms. The number of nitrogens with zero attached hydrogens (tertiary/aromatic N) is 2. The topological polar surface area (TPSA) is 86.8 Å². The van der Waals surface area contributed by atoms with E-state index in [1.54, 1.807) is 37.3 Å². The summed E-state index contributed by atoms with van der Waals surface area (Å²) in [6.07, 6.45) is 1.76. The smallest absolute Gasteiger partial charge is 0.264 e. The molecule has 7 nitrogen and oxygen atoms in total. The van der Waals surface area contributed by atoms with E-state index >= 15 is 0 Å². The summed E-state index contributed by atoms with van der Waals surface area (Å²) in [6, 6.07) is 20.2. The SMILES string of the molecule is CCCCNC(=O)[C@@H](C)N(Cc1ccc(Br)cc1)C(=O)CN(c1cc(C)cc(C)c1)S(=O)(=O)c1ccccc1. The maximum Gasteiger partial charge on any atom is 0.264 e. The molecule has 3 rings (SSSR count). The van der Waals surface area contributed by atoms with Gasteiger partial charge >= 0.3 is 0 Å². The molecule has 1 atom stereocenters. The highest BCUT2D eigenvalue weighted by atomic mass is 79.9. The number of anilines is 1. The highest BCUT2D eigenvalue weighted by Crippen LogP contribution is 2.26. The summed E-state index contributed by atoms with van der Waals surface area (Å²) in [5.41, 5.74) is 2.97. The molecule has 0 aliphatic heterocycles. The number of nitrogens with one attached hydrogen (secondary N) is 1. The van der Waals surface area contributed by atoms with Crippen molar-refractivity contribution in [3.8, 4) is 0 Å². The summed E-state index contributed by atoms with van der Waals surface area (Å²) in [6.45, 7) is 7.68. The Kier molecular flexibility index (Phi) is 10.7. The maximum absolute atomic E-state index is 14.0. The van der Waals surface area contributed by atoms with Gasteiger partial charge in [-0.3, -0.25) is 13.9 Å². The normalized spacial score (nSPS) is 12.0. The zero-order valence-corrected chi connectivity index (χ0v) is 25.3. The maximum atomic E-state index is 14.0. The van der Waals surface area contributed by atoms with Crippen LogP contribution in [0.2, 0.25) is 0 Å². The highest BCUT2D eigenvalue weighted by Gasteiger charge is 2.32. The Labute approximate surface area is 240 Å². The molecule has 0 fully saturated rings. The van der Waals surface area contributed by atoms with Crippen molar-refractivity contribution in [2.75, 3.05) is 17.4 Å². The van der Waals surface area contributed by atoms with Gasteiger partial charge in [0, 0.05) is 17.6 Å². The van der Waals surface area contributed by atoms with Gasteiger partial charge in [-0.1, -0.05) is 65.7 Å². The van der Waals surface area contributed by atoms with Gasteiger partial charge in [-0.25, -0.2) is 8.42 Å². The summed E-state index contributed by atoms with van der Waals surface area (Å²) in [4.78, 5) is 28.5. The predicted octanol–water partition coefficient (Wildman–Crippen LogP) is 5.59. The number of amides is 2. The number of unbranched alkanes of at least 4 members (excludes halogenated alkanes) is 1. The Morgan fingerprint density at radius 3 is 2.15 bits per heavy atom. The van der Waals surface area contributed by atoms with Gasteiger partial charge in [-0.2, -0.15) is 0 Å². The molecule has 3 aromatic rings. The fourth-order valence-corrected chi connectivity index (χ4v) is 5.93. The van der Waals surface area contributed by atoms with Gasteiger partial charge in [0.15, 0.2) is 0 Å². The highest BCUT2D eigenvalue weighted by molar-refractivity contribution is 9.10. The van der Waals surface area contributed by atoms with Crippen molar-refractivity contribution in [2.24, 2.45) is 0 Å². The number of benzene rings is 3. The molecule has 39 heavy (non-hydrogen) atoms. The van der Waals surface area contributed by atoms with Crippen molar-refractivity contribution in [2.45, 2.75) is 58.0 Å². The van der Waals surface area contributed by atoms with Gasteiger partial charge in [-0.05, 0) is 80.3 Å². The first kappa shape index (κ1) is 30.4. The average Bonchev–Trinajstić information content (AvgIpc) is 2.90. The van der Waals surface area contributed by atoms with E-state index in [-0.39, 0.29) is 17.3 Å². The lowest BCUT2D eigenvalue weighted by Gasteiger charge is -2.32. The van der Waals surface area contributed by atoms with Gasteiger partial charge in [0.1, 0.15) is 12.6 Å². The third kappa shape index (κ3) is 8.16. The lowest BCUT2D eigenvalue weighted by atomic mass is 10.1. The molecule has 0 bridgehead atoms. The number of aryl methyl sites for hydroxylation is 2. The second-order valence-corrected chi connectivity index (χ2v) is 12.4. The van der Waals surface area contributed by atoms with Crippen LogP contribution in [0.1, 0.15) is 43.4 Å². The van der Waals surface area contributed by atoms with Crippen molar-refractivity contribution < 1.29 is 18.0 Å². The lowest BCUT2D eigenvalue weighted by molar-refractivity contribution is -0.139. The van der Waals surface area contributed by atoms with Gasteiger partial charge in [0.2, 0.25) is 11.8 Å². The first-order valence-corrected chi connectivity index (χ1v) is 15.2. The zero-order valence-electron chi connectivity index (χ0n) is 22.9. The second-order valence-electron chi connectivity index (χ2n) is 9.64. The first-order chi connectivity index (χ1) is 18.5. The number of sulfonamides is 1. The van der Waals surface area contributed by atoms with E-state index in [0.29, 0.717) is 12.2 Å². The van der Waals surface area contributed by atoms with Gasteiger partial charge in [-0.15, -0.1) is 0 Å². The van der Waals surface area contributed by atoms with Crippen molar-refractivity contribution in [1.29, 1.82) is 0 Å². The molecule has 0 aliphatic carbocycles. The third-order valence-electron chi connectivity index (χ3n) is 6.37.